The molecule has 3 atom stereocenters. The molecule has 3 unspecified atom stereocenters. The molecule has 1 N–H and O–H groups in total. The molecule has 4 aromatic heterocycles. The van der Waals surface area contributed by atoms with E-state index < -0.39 is 0 Å². The van der Waals surface area contributed by atoms with Crippen LogP contribution in [0.1, 0.15) is 34.8 Å². The standard InChI is InChI=1S/C42H27N5O/c1-3-11-24(12-4-1)32-23-33(25-13-5-2-6-14-25)44-41(43-32)26-21-30-28-19-20-29-27-15-7-10-18-36(27)48-40(29)38(28)45-37(30)31(22-26)39-42(45)47-35-17-9-8-16-34(35)46(39)47/h1-23,32,34-35H,(H,43,44). The number of aliphatic imine (C=N–C) groups is 1. The topological polar surface area (TPSA) is 51.8 Å². The highest BCUT2D eigenvalue weighted by Gasteiger charge is 2.43. The number of furan rings is 1. The Kier molecular flexibility index (Phi) is 4.54. The summed E-state index contributed by atoms with van der Waals surface area (Å²) in [7, 11) is 0. The number of rotatable bonds is 3. The first-order valence-corrected chi connectivity index (χ1v) is 16.6. The van der Waals surface area contributed by atoms with Gasteiger partial charge in [-0.15, -0.1) is 0 Å². The number of benzene rings is 5. The Morgan fingerprint density at radius 3 is 2.19 bits per heavy atom. The largest absolute Gasteiger partial charge is 0.454 e. The molecule has 2 aliphatic heterocycles. The maximum Gasteiger partial charge on any atom is 0.160 e. The van der Waals surface area contributed by atoms with Crippen LogP contribution in [-0.4, -0.2) is 19.6 Å². The van der Waals surface area contributed by atoms with Crippen molar-refractivity contribution in [3.05, 3.63) is 156 Å². The lowest BCUT2D eigenvalue weighted by Gasteiger charge is -2.47. The number of para-hydroxylation sites is 1. The average Bonchev–Trinajstić information content (AvgIpc) is 3.76. The normalized spacial score (nSPS) is 20.1. The van der Waals surface area contributed by atoms with Crippen LogP contribution in [0.5, 0.6) is 0 Å². The van der Waals surface area contributed by atoms with Crippen LogP contribution in [0.4, 0.5) is 0 Å². The average molecular weight is 618 g/mol. The highest BCUT2D eigenvalue weighted by atomic mass is 16.3. The van der Waals surface area contributed by atoms with E-state index in [-0.39, 0.29) is 6.04 Å². The van der Waals surface area contributed by atoms with Gasteiger partial charge in [0.2, 0.25) is 0 Å². The minimum atomic E-state index is -0.0148. The number of nitrogens with zero attached hydrogens (tertiary/aromatic N) is 4. The summed E-state index contributed by atoms with van der Waals surface area (Å²) in [5, 5.41) is 9.75. The molecular weight excluding hydrogens is 590 g/mol. The summed E-state index contributed by atoms with van der Waals surface area (Å²) >= 11 is 0. The van der Waals surface area contributed by atoms with E-state index in [4.69, 9.17) is 9.41 Å². The Balaban J connectivity index is 1.17. The third kappa shape index (κ3) is 3.01. The first kappa shape index (κ1) is 24.9. The van der Waals surface area contributed by atoms with Crippen molar-refractivity contribution in [2.45, 2.75) is 18.1 Å². The molecule has 0 spiro atoms. The summed E-state index contributed by atoms with van der Waals surface area (Å²) in [4.78, 5) is 5.30. The third-order valence-corrected chi connectivity index (χ3v) is 10.7. The lowest BCUT2D eigenvalue weighted by Crippen LogP contribution is -2.44. The minimum absolute atomic E-state index is 0.0148. The molecule has 12 rings (SSSR count). The van der Waals surface area contributed by atoms with Crippen molar-refractivity contribution in [3.8, 4) is 0 Å². The predicted molar refractivity (Wildman–Crippen MR) is 194 cm³/mol. The molecule has 0 fully saturated rings. The van der Waals surface area contributed by atoms with E-state index in [0.29, 0.717) is 12.1 Å². The molecule has 0 amide bonds. The second-order valence-corrected chi connectivity index (χ2v) is 13.2. The third-order valence-electron chi connectivity index (χ3n) is 10.7. The zero-order valence-corrected chi connectivity index (χ0v) is 25.7. The van der Waals surface area contributed by atoms with Crippen LogP contribution in [0, 0.1) is 0 Å². The molecular formula is C42H27N5O. The highest BCUT2D eigenvalue weighted by molar-refractivity contribution is 6.29. The lowest BCUT2D eigenvalue weighted by atomic mass is 9.96. The zero-order valence-electron chi connectivity index (χ0n) is 25.7. The molecule has 0 saturated carbocycles. The van der Waals surface area contributed by atoms with E-state index in [2.05, 4.69) is 153 Å². The fourth-order valence-corrected chi connectivity index (χ4v) is 8.60. The number of hydrogen-bond donors (Lipinski definition) is 1. The summed E-state index contributed by atoms with van der Waals surface area (Å²) in [5.74, 6) is 0.876. The highest BCUT2D eigenvalue weighted by Crippen LogP contribution is 2.52. The summed E-state index contributed by atoms with van der Waals surface area (Å²) in [6, 6.07) is 39.3. The van der Waals surface area contributed by atoms with Gasteiger partial charge in [-0.3, -0.25) is 13.8 Å². The maximum absolute atomic E-state index is 6.68. The van der Waals surface area contributed by atoms with E-state index >= 15 is 0 Å². The van der Waals surface area contributed by atoms with Crippen LogP contribution in [-0.2, 0) is 0 Å². The van der Waals surface area contributed by atoms with Gasteiger partial charge in [0.1, 0.15) is 16.9 Å². The monoisotopic (exact) mass is 617 g/mol. The Hall–Kier alpha value is -6.27. The number of fused-ring (bicyclic) bond motifs is 16. The van der Waals surface area contributed by atoms with Gasteiger partial charge in [-0.2, -0.15) is 0 Å². The summed E-state index contributed by atoms with van der Waals surface area (Å²) in [6.07, 6.45) is 11.2. The molecule has 0 bridgehead atoms. The number of aromatic nitrogens is 3. The van der Waals surface area contributed by atoms with Gasteiger partial charge < -0.3 is 9.73 Å². The van der Waals surface area contributed by atoms with Gasteiger partial charge in [0.05, 0.1) is 34.9 Å². The van der Waals surface area contributed by atoms with Gasteiger partial charge in [-0.05, 0) is 41.5 Å². The molecule has 6 nitrogen and oxygen atoms in total. The van der Waals surface area contributed by atoms with Gasteiger partial charge in [0.25, 0.3) is 0 Å². The van der Waals surface area contributed by atoms with Crippen LogP contribution in [0.15, 0.2) is 149 Å². The molecule has 6 heteroatoms. The fourth-order valence-electron chi connectivity index (χ4n) is 8.60. The maximum atomic E-state index is 6.68. The second kappa shape index (κ2) is 8.75. The van der Waals surface area contributed by atoms with Crippen molar-refractivity contribution in [2.75, 3.05) is 0 Å². The Bertz CT molecular complexity index is 2930. The van der Waals surface area contributed by atoms with Crippen LogP contribution in [0.3, 0.4) is 0 Å². The minimum Gasteiger partial charge on any atom is -0.454 e. The summed E-state index contributed by atoms with van der Waals surface area (Å²) < 4.78 is 14.1. The number of allylic oxidation sites excluding steroid dienone is 4. The molecule has 226 valence electrons. The fraction of sp³-hybridized carbons (Fsp3) is 0.0714. The van der Waals surface area contributed by atoms with Crippen LogP contribution < -0.4 is 5.32 Å². The van der Waals surface area contributed by atoms with Crippen molar-refractivity contribution < 1.29 is 4.42 Å². The van der Waals surface area contributed by atoms with Crippen molar-refractivity contribution in [3.63, 3.8) is 0 Å². The van der Waals surface area contributed by atoms with Crippen molar-refractivity contribution >= 4 is 71.8 Å². The van der Waals surface area contributed by atoms with Crippen molar-refractivity contribution in [1.82, 2.24) is 19.1 Å². The number of hydrogen-bond acceptors (Lipinski definition) is 3. The Labute approximate surface area is 274 Å². The molecule has 0 radical (unpaired) electrons. The second-order valence-electron chi connectivity index (χ2n) is 13.2. The van der Waals surface area contributed by atoms with E-state index in [0.717, 1.165) is 50.1 Å². The van der Waals surface area contributed by atoms with E-state index in [1.807, 2.05) is 6.07 Å². The first-order valence-electron chi connectivity index (χ1n) is 16.6. The summed E-state index contributed by atoms with van der Waals surface area (Å²) in [5.41, 5.74) is 11.1. The Morgan fingerprint density at radius 1 is 0.604 bits per heavy atom. The van der Waals surface area contributed by atoms with Crippen LogP contribution in [0.25, 0.3) is 66.0 Å². The number of amidine groups is 1. The number of nitrogens with one attached hydrogen (secondary N) is 1. The molecule has 0 saturated heterocycles. The van der Waals surface area contributed by atoms with Gasteiger partial charge in [-0.25, -0.2) is 4.99 Å². The van der Waals surface area contributed by atoms with Gasteiger partial charge in [0.15, 0.2) is 11.2 Å². The summed E-state index contributed by atoms with van der Waals surface area (Å²) in [6.45, 7) is 0. The lowest BCUT2D eigenvalue weighted by molar-refractivity contribution is 0.212. The predicted octanol–water partition coefficient (Wildman–Crippen LogP) is 9.69. The van der Waals surface area contributed by atoms with E-state index in [1.54, 1.807) is 0 Å². The van der Waals surface area contributed by atoms with E-state index in [1.165, 1.54) is 38.4 Å². The smallest absolute Gasteiger partial charge is 0.160 e. The van der Waals surface area contributed by atoms with Crippen LogP contribution >= 0.6 is 0 Å². The Morgan fingerprint density at radius 2 is 1.33 bits per heavy atom. The van der Waals surface area contributed by atoms with Gasteiger partial charge >= 0.3 is 0 Å². The van der Waals surface area contributed by atoms with Crippen molar-refractivity contribution in [2.24, 2.45) is 4.99 Å². The molecule has 6 heterocycles. The van der Waals surface area contributed by atoms with E-state index in [9.17, 15) is 0 Å². The molecule has 48 heavy (non-hydrogen) atoms. The van der Waals surface area contributed by atoms with Gasteiger partial charge in [-0.1, -0.05) is 109 Å². The molecule has 3 aliphatic rings. The molecule has 1 aliphatic carbocycles. The van der Waals surface area contributed by atoms with Crippen LogP contribution in [0.2, 0.25) is 0 Å². The molecule has 5 aromatic carbocycles. The van der Waals surface area contributed by atoms with Crippen molar-refractivity contribution in [1.29, 1.82) is 0 Å². The molecule has 9 aromatic rings. The first-order chi connectivity index (χ1) is 23.8. The zero-order chi connectivity index (χ0) is 31.1. The SMILES string of the molecule is C1=CC2C(C=C1)n1c3c(c4cc(C5=NC(c6ccccc6)=CC(c6ccccc6)N5)cc5c6ccc7c8ccccc8oc7c6n3c54)n12. The quantitative estimate of drug-likeness (QED) is 0.215. The van der Waals surface area contributed by atoms with Gasteiger partial charge in [0, 0.05) is 32.5 Å².